The molecule has 2 rings (SSSR count). The van der Waals surface area contributed by atoms with E-state index in [0.29, 0.717) is 25.6 Å². The molecule has 1 aromatic rings. The fourth-order valence-electron chi connectivity index (χ4n) is 1.96. The van der Waals surface area contributed by atoms with E-state index in [1.165, 1.54) is 12.1 Å². The number of nitro benzene ring substituents is 1. The van der Waals surface area contributed by atoms with E-state index in [0.717, 1.165) is 0 Å². The highest BCUT2D eigenvalue weighted by molar-refractivity contribution is 5.36. The maximum atomic E-state index is 10.6. The molecule has 0 unspecified atom stereocenters. The minimum absolute atomic E-state index is 0.0473. The van der Waals surface area contributed by atoms with E-state index in [4.69, 9.17) is 14.2 Å². The molecular formula is C14H19NO5. The van der Waals surface area contributed by atoms with E-state index < -0.39 is 10.7 Å². The molecule has 0 N–H and O–H groups in total. The molecule has 0 amide bonds. The molecule has 110 valence electrons. The van der Waals surface area contributed by atoms with Crippen molar-refractivity contribution in [2.45, 2.75) is 26.6 Å². The monoisotopic (exact) mass is 281 g/mol. The molecule has 20 heavy (non-hydrogen) atoms. The molecule has 1 heterocycles. The van der Waals surface area contributed by atoms with Gasteiger partial charge in [0.05, 0.1) is 30.2 Å². The molecule has 6 heteroatoms. The van der Waals surface area contributed by atoms with Crippen molar-refractivity contribution in [3.05, 3.63) is 34.4 Å². The van der Waals surface area contributed by atoms with Crippen molar-refractivity contribution in [1.82, 2.24) is 0 Å². The summed E-state index contributed by atoms with van der Waals surface area (Å²) in [5.41, 5.74) is -0.295. The average molecular weight is 281 g/mol. The van der Waals surface area contributed by atoms with Crippen molar-refractivity contribution >= 4 is 5.69 Å². The summed E-state index contributed by atoms with van der Waals surface area (Å²) in [7, 11) is 0. The van der Waals surface area contributed by atoms with Crippen molar-refractivity contribution in [3.63, 3.8) is 0 Å². The molecule has 0 radical (unpaired) electrons. The van der Waals surface area contributed by atoms with Gasteiger partial charge in [0.2, 0.25) is 0 Å². The van der Waals surface area contributed by atoms with Crippen LogP contribution in [0.4, 0.5) is 5.69 Å². The quantitative estimate of drug-likeness (QED) is 0.613. The smallest absolute Gasteiger partial charge is 0.269 e. The van der Waals surface area contributed by atoms with Crippen LogP contribution in [0, 0.1) is 15.5 Å². The van der Waals surface area contributed by atoms with Gasteiger partial charge in [-0.25, -0.2) is 0 Å². The van der Waals surface area contributed by atoms with Crippen LogP contribution in [0.3, 0.4) is 0 Å². The van der Waals surface area contributed by atoms with Crippen LogP contribution in [-0.2, 0) is 9.47 Å². The lowest BCUT2D eigenvalue weighted by Crippen LogP contribution is -2.46. The van der Waals surface area contributed by atoms with Crippen LogP contribution in [0.2, 0.25) is 0 Å². The minimum atomic E-state index is -0.673. The fraction of sp³-hybridized carbons (Fsp3) is 0.571. The largest absolute Gasteiger partial charge is 0.493 e. The highest BCUT2D eigenvalue weighted by Gasteiger charge is 2.46. The molecule has 6 nitrogen and oxygen atoms in total. The third kappa shape index (κ3) is 2.91. The molecule has 0 aromatic heterocycles. The first-order valence-electron chi connectivity index (χ1n) is 6.49. The normalized spacial score (nSPS) is 17.9. The zero-order valence-electron chi connectivity index (χ0n) is 11.9. The molecule has 1 fully saturated rings. The maximum Gasteiger partial charge on any atom is 0.269 e. The van der Waals surface area contributed by atoms with Gasteiger partial charge < -0.3 is 14.2 Å². The Morgan fingerprint density at radius 1 is 1.30 bits per heavy atom. The van der Waals surface area contributed by atoms with Crippen LogP contribution in [0.1, 0.15) is 20.8 Å². The van der Waals surface area contributed by atoms with E-state index >= 15 is 0 Å². The molecule has 1 aromatic carbocycles. The number of rotatable bonds is 5. The molecule has 0 spiro atoms. The number of nitrogens with zero attached hydrogens (tertiary/aromatic N) is 1. The molecule has 0 saturated carbocycles. The highest BCUT2D eigenvalue weighted by Crippen LogP contribution is 2.38. The van der Waals surface area contributed by atoms with Gasteiger partial charge in [0.25, 0.3) is 5.69 Å². The maximum absolute atomic E-state index is 10.6. The average Bonchev–Trinajstić information content (AvgIpc) is 2.86. The van der Waals surface area contributed by atoms with Crippen LogP contribution in [0.15, 0.2) is 24.3 Å². The van der Waals surface area contributed by atoms with E-state index in [2.05, 4.69) is 0 Å². The Hall–Kier alpha value is -1.66. The van der Waals surface area contributed by atoms with Gasteiger partial charge in [0.1, 0.15) is 5.75 Å². The first kappa shape index (κ1) is 14.7. The Morgan fingerprint density at radius 2 is 1.85 bits per heavy atom. The van der Waals surface area contributed by atoms with Crippen LogP contribution in [-0.4, -0.2) is 30.5 Å². The number of benzene rings is 1. The van der Waals surface area contributed by atoms with E-state index in [1.54, 1.807) is 12.1 Å². The van der Waals surface area contributed by atoms with E-state index in [1.807, 2.05) is 20.8 Å². The summed E-state index contributed by atoms with van der Waals surface area (Å²) in [5, 5.41) is 10.6. The standard InChI is InChI=1S/C14H19NO5/c1-13(2,14(3)19-8-9-20-14)10-18-12-6-4-11(5-7-12)15(16)17/h4-7H,8-10H2,1-3H3. The summed E-state index contributed by atoms with van der Waals surface area (Å²) in [6.45, 7) is 7.46. The summed E-state index contributed by atoms with van der Waals surface area (Å²) < 4.78 is 17.0. The predicted molar refractivity (Wildman–Crippen MR) is 72.7 cm³/mol. The summed E-state index contributed by atoms with van der Waals surface area (Å²) >= 11 is 0. The lowest BCUT2D eigenvalue weighted by Gasteiger charge is -2.38. The molecular weight excluding hydrogens is 262 g/mol. The molecule has 0 atom stereocenters. The Labute approximate surface area is 117 Å². The number of hydrogen-bond acceptors (Lipinski definition) is 5. The minimum Gasteiger partial charge on any atom is -0.493 e. The summed E-state index contributed by atoms with van der Waals surface area (Å²) in [6.07, 6.45) is 0. The van der Waals surface area contributed by atoms with Gasteiger partial charge in [-0.15, -0.1) is 0 Å². The topological polar surface area (TPSA) is 70.8 Å². The zero-order valence-corrected chi connectivity index (χ0v) is 11.9. The number of hydrogen-bond donors (Lipinski definition) is 0. The third-order valence-corrected chi connectivity index (χ3v) is 3.71. The second-order valence-electron chi connectivity index (χ2n) is 5.57. The van der Waals surface area contributed by atoms with Crippen molar-refractivity contribution in [2.75, 3.05) is 19.8 Å². The summed E-state index contributed by atoms with van der Waals surface area (Å²) in [6, 6.07) is 6.03. The lowest BCUT2D eigenvalue weighted by molar-refractivity contribution is -0.384. The Balaban J connectivity index is 1.99. The van der Waals surface area contributed by atoms with Gasteiger partial charge in [-0.05, 0) is 19.1 Å². The second-order valence-corrected chi connectivity index (χ2v) is 5.57. The van der Waals surface area contributed by atoms with Gasteiger partial charge in [-0.2, -0.15) is 0 Å². The van der Waals surface area contributed by atoms with Crippen molar-refractivity contribution in [3.8, 4) is 5.75 Å². The SMILES string of the molecule is CC(C)(COc1ccc([N+](=O)[O-])cc1)C1(C)OCCO1. The first-order chi connectivity index (χ1) is 9.34. The van der Waals surface area contributed by atoms with Crippen LogP contribution in [0.25, 0.3) is 0 Å². The van der Waals surface area contributed by atoms with E-state index in [9.17, 15) is 10.1 Å². The number of non-ortho nitro benzene ring substituents is 1. The molecule has 0 aliphatic carbocycles. The number of nitro groups is 1. The van der Waals surface area contributed by atoms with Gasteiger partial charge in [0, 0.05) is 12.1 Å². The van der Waals surface area contributed by atoms with Gasteiger partial charge >= 0.3 is 0 Å². The van der Waals surface area contributed by atoms with Crippen LogP contribution in [0.5, 0.6) is 5.75 Å². The molecule has 0 bridgehead atoms. The van der Waals surface area contributed by atoms with E-state index in [-0.39, 0.29) is 11.1 Å². The van der Waals surface area contributed by atoms with Crippen LogP contribution >= 0.6 is 0 Å². The van der Waals surface area contributed by atoms with Gasteiger partial charge in [-0.1, -0.05) is 13.8 Å². The van der Waals surface area contributed by atoms with Crippen molar-refractivity contribution in [2.24, 2.45) is 5.41 Å². The van der Waals surface area contributed by atoms with Crippen molar-refractivity contribution in [1.29, 1.82) is 0 Å². The predicted octanol–water partition coefficient (Wildman–Crippen LogP) is 2.76. The highest BCUT2D eigenvalue weighted by atomic mass is 16.7. The molecule has 1 aliphatic heterocycles. The Kier molecular flexibility index (Phi) is 3.96. The molecule has 1 saturated heterocycles. The summed E-state index contributed by atoms with van der Waals surface area (Å²) in [5.74, 6) is -0.0846. The van der Waals surface area contributed by atoms with Gasteiger partial charge in [-0.3, -0.25) is 10.1 Å². The molecule has 1 aliphatic rings. The number of ether oxygens (including phenoxy) is 3. The van der Waals surface area contributed by atoms with Crippen molar-refractivity contribution < 1.29 is 19.1 Å². The zero-order chi connectivity index (χ0) is 14.8. The fourth-order valence-corrected chi connectivity index (χ4v) is 1.96. The Bertz CT molecular complexity index is 477. The Morgan fingerprint density at radius 3 is 2.35 bits per heavy atom. The van der Waals surface area contributed by atoms with Crippen LogP contribution < -0.4 is 4.74 Å². The third-order valence-electron chi connectivity index (χ3n) is 3.71. The van der Waals surface area contributed by atoms with Gasteiger partial charge in [0.15, 0.2) is 5.79 Å². The summed E-state index contributed by atoms with van der Waals surface area (Å²) in [4.78, 5) is 10.1. The second kappa shape index (κ2) is 5.38. The first-order valence-corrected chi connectivity index (χ1v) is 6.49. The lowest BCUT2D eigenvalue weighted by atomic mass is 9.85.